The minimum absolute atomic E-state index is 0.305. The van der Waals surface area contributed by atoms with Gasteiger partial charge in [0.15, 0.2) is 0 Å². The van der Waals surface area contributed by atoms with Gasteiger partial charge in [-0.15, -0.1) is 0 Å². The number of esters is 2. The van der Waals surface area contributed by atoms with E-state index in [-0.39, 0.29) is 11.9 Å². The Kier molecular flexibility index (Phi) is 6.16. The first-order valence-electron chi connectivity index (χ1n) is 13.9. The monoisotopic (exact) mass is 524 g/mol. The Morgan fingerprint density at radius 2 is 0.850 bits per heavy atom. The van der Waals surface area contributed by atoms with Crippen LogP contribution in [0, 0.1) is 0 Å². The van der Waals surface area contributed by atoms with E-state index in [1.807, 2.05) is 60.7 Å². The second-order valence-electron chi connectivity index (χ2n) is 10.5. The van der Waals surface area contributed by atoms with Crippen LogP contribution in [0.3, 0.4) is 0 Å². The predicted molar refractivity (Wildman–Crippen MR) is 161 cm³/mol. The van der Waals surface area contributed by atoms with E-state index in [2.05, 4.69) is 36.4 Å². The summed E-state index contributed by atoms with van der Waals surface area (Å²) in [4.78, 5) is 26.2. The summed E-state index contributed by atoms with van der Waals surface area (Å²) in [7, 11) is 0. The summed E-state index contributed by atoms with van der Waals surface area (Å²) in [5.41, 5.74) is 3.16. The third kappa shape index (κ3) is 4.26. The quantitative estimate of drug-likeness (QED) is 0.147. The lowest BCUT2D eigenvalue weighted by atomic mass is 9.85. The molecule has 0 aliphatic carbocycles. The van der Waals surface area contributed by atoms with Gasteiger partial charge in [-0.3, -0.25) is 0 Å². The van der Waals surface area contributed by atoms with E-state index in [0.29, 0.717) is 24.3 Å². The van der Waals surface area contributed by atoms with E-state index < -0.39 is 0 Å². The Hall–Kier alpha value is -4.70. The average Bonchev–Trinajstić information content (AvgIpc) is 2.99. The number of carbonyl (C=O) groups excluding carboxylic acids is 2. The van der Waals surface area contributed by atoms with Crippen LogP contribution in [0.5, 0.6) is 0 Å². The molecule has 40 heavy (non-hydrogen) atoms. The number of rotatable bonds is 0. The van der Waals surface area contributed by atoms with Crippen molar-refractivity contribution >= 4 is 55.0 Å². The third-order valence-corrected chi connectivity index (χ3v) is 7.95. The van der Waals surface area contributed by atoms with Crippen molar-refractivity contribution in [1.29, 1.82) is 0 Å². The molecule has 6 aromatic rings. The Morgan fingerprint density at radius 3 is 1.32 bits per heavy atom. The van der Waals surface area contributed by atoms with Crippen LogP contribution in [-0.2, 0) is 9.47 Å². The molecule has 1 aliphatic heterocycles. The van der Waals surface area contributed by atoms with E-state index >= 15 is 0 Å². The van der Waals surface area contributed by atoms with Crippen molar-refractivity contribution in [3.8, 4) is 11.1 Å². The van der Waals surface area contributed by atoms with Crippen molar-refractivity contribution in [2.75, 3.05) is 13.2 Å². The van der Waals surface area contributed by atoms with Gasteiger partial charge in [-0.25, -0.2) is 9.59 Å². The fourth-order valence-electron chi connectivity index (χ4n) is 5.97. The third-order valence-electron chi connectivity index (χ3n) is 7.95. The molecule has 4 bridgehead atoms. The zero-order valence-corrected chi connectivity index (χ0v) is 22.1. The Bertz CT molecular complexity index is 1810. The van der Waals surface area contributed by atoms with Crippen LogP contribution in [-0.4, -0.2) is 25.2 Å². The number of hydrogen-bond acceptors (Lipinski definition) is 4. The second kappa shape index (κ2) is 10.1. The lowest BCUT2D eigenvalue weighted by molar-refractivity contribution is 0.0474. The summed E-state index contributed by atoms with van der Waals surface area (Å²) < 4.78 is 11.3. The first-order valence-corrected chi connectivity index (χ1v) is 13.9. The molecule has 196 valence electrons. The maximum absolute atomic E-state index is 13.1. The lowest BCUT2D eigenvalue weighted by Gasteiger charge is -2.18. The highest BCUT2D eigenvalue weighted by Gasteiger charge is 2.19. The first-order chi connectivity index (χ1) is 19.7. The molecular formula is C36H28O4. The van der Waals surface area contributed by atoms with Crippen LogP contribution in [0.25, 0.3) is 54.2 Å². The highest BCUT2D eigenvalue weighted by Crippen LogP contribution is 2.44. The molecule has 0 atom stereocenters. The van der Waals surface area contributed by atoms with E-state index in [1.54, 1.807) is 0 Å². The maximum Gasteiger partial charge on any atom is 0.338 e. The second-order valence-corrected chi connectivity index (χ2v) is 10.5. The molecule has 0 saturated heterocycles. The molecule has 1 aliphatic rings. The van der Waals surface area contributed by atoms with Gasteiger partial charge in [0.1, 0.15) is 0 Å². The van der Waals surface area contributed by atoms with Crippen molar-refractivity contribution in [2.24, 2.45) is 0 Å². The Balaban J connectivity index is 1.62. The molecule has 4 nitrogen and oxygen atoms in total. The van der Waals surface area contributed by atoms with Crippen molar-refractivity contribution in [3.63, 3.8) is 0 Å². The van der Waals surface area contributed by atoms with Gasteiger partial charge >= 0.3 is 11.9 Å². The van der Waals surface area contributed by atoms with Gasteiger partial charge in [0, 0.05) is 0 Å². The highest BCUT2D eigenvalue weighted by atomic mass is 16.5. The first kappa shape index (κ1) is 24.3. The number of carbonyl (C=O) groups is 2. The highest BCUT2D eigenvalue weighted by molar-refractivity contribution is 6.24. The van der Waals surface area contributed by atoms with Crippen molar-refractivity contribution in [1.82, 2.24) is 0 Å². The molecule has 6 aromatic carbocycles. The summed E-state index contributed by atoms with van der Waals surface area (Å²) in [6.45, 7) is 0.742. The SMILES string of the molecule is O=C1OCCCCCCOC(=O)c2ccc3cc4ccccc4c(c3c2)-c2c3ccccc3cc3ccc1cc23. The van der Waals surface area contributed by atoms with Gasteiger partial charge < -0.3 is 9.47 Å². The van der Waals surface area contributed by atoms with Crippen LogP contribution in [0.2, 0.25) is 0 Å². The zero-order valence-electron chi connectivity index (χ0n) is 22.1. The van der Waals surface area contributed by atoms with Crippen molar-refractivity contribution in [2.45, 2.75) is 25.7 Å². The molecule has 7 rings (SSSR count). The number of benzene rings is 6. The van der Waals surface area contributed by atoms with E-state index in [1.165, 1.54) is 0 Å². The molecule has 0 radical (unpaired) electrons. The zero-order chi connectivity index (χ0) is 27.1. The topological polar surface area (TPSA) is 52.6 Å². The summed E-state index contributed by atoms with van der Waals surface area (Å²) in [6.07, 6.45) is 3.37. The molecule has 0 amide bonds. The summed E-state index contributed by atoms with van der Waals surface area (Å²) in [5.74, 6) is -0.609. The Labute approximate surface area is 232 Å². The standard InChI is InChI=1S/C36H28O4/c37-35-27-15-13-25-19-23-9-3-5-11-29(23)33(31(25)21-27)34-30-12-6-4-10-24(30)20-26-14-16-28(22-32(26)34)36(38)40-18-8-2-1-7-17-39-35/h3-6,9-16,19-22H,1-2,7-8,17-18H2. The Morgan fingerprint density at radius 1 is 0.425 bits per heavy atom. The van der Waals surface area contributed by atoms with Crippen LogP contribution in [0.15, 0.2) is 97.1 Å². The predicted octanol–water partition coefficient (Wildman–Crippen LogP) is 8.85. The van der Waals surface area contributed by atoms with Gasteiger partial charge in [0.2, 0.25) is 0 Å². The summed E-state index contributed by atoms with van der Waals surface area (Å²) >= 11 is 0. The molecule has 4 heteroatoms. The van der Waals surface area contributed by atoms with Gasteiger partial charge in [-0.05, 0) is 116 Å². The molecule has 0 spiro atoms. The fraction of sp³-hybridized carbons (Fsp3) is 0.167. The molecule has 0 aromatic heterocycles. The van der Waals surface area contributed by atoms with E-state index in [9.17, 15) is 9.59 Å². The molecule has 0 fully saturated rings. The number of ether oxygens (including phenoxy) is 2. The minimum atomic E-state index is -0.305. The smallest absolute Gasteiger partial charge is 0.338 e. The van der Waals surface area contributed by atoms with Crippen molar-refractivity contribution < 1.29 is 19.1 Å². The van der Waals surface area contributed by atoms with Gasteiger partial charge in [0.25, 0.3) is 0 Å². The van der Waals surface area contributed by atoms with Crippen LogP contribution < -0.4 is 0 Å². The van der Waals surface area contributed by atoms with Crippen LogP contribution >= 0.6 is 0 Å². The largest absolute Gasteiger partial charge is 0.462 e. The summed E-state index contributed by atoms with van der Waals surface area (Å²) in [5, 5.41) is 8.41. The van der Waals surface area contributed by atoms with Gasteiger partial charge in [-0.1, -0.05) is 60.7 Å². The average molecular weight is 525 g/mol. The number of cyclic esters (lactones) is 2. The molecular weight excluding hydrogens is 496 g/mol. The molecule has 0 N–H and O–H groups in total. The van der Waals surface area contributed by atoms with E-state index in [4.69, 9.17) is 9.47 Å². The summed E-state index contributed by atoms with van der Waals surface area (Å²) in [6, 6.07) is 32.7. The van der Waals surface area contributed by atoms with Crippen LogP contribution in [0.4, 0.5) is 0 Å². The van der Waals surface area contributed by atoms with Crippen LogP contribution in [0.1, 0.15) is 46.4 Å². The van der Waals surface area contributed by atoms with E-state index in [0.717, 1.165) is 79.9 Å². The van der Waals surface area contributed by atoms with Gasteiger partial charge in [0.05, 0.1) is 24.3 Å². The molecule has 0 saturated carbocycles. The normalized spacial score (nSPS) is 14.9. The molecule has 1 heterocycles. The molecule has 0 unspecified atom stereocenters. The number of hydrogen-bond donors (Lipinski definition) is 0. The number of fused-ring (bicyclic) bond motifs is 7. The minimum Gasteiger partial charge on any atom is -0.462 e. The lowest BCUT2D eigenvalue weighted by Crippen LogP contribution is -2.08. The fourth-order valence-corrected chi connectivity index (χ4v) is 5.97. The maximum atomic E-state index is 13.1. The van der Waals surface area contributed by atoms with Gasteiger partial charge in [-0.2, -0.15) is 0 Å². The van der Waals surface area contributed by atoms with Crippen molar-refractivity contribution in [3.05, 3.63) is 108 Å².